The molecule has 0 radical (unpaired) electrons. The Hall–Kier alpha value is -2.43. The molecule has 1 aliphatic rings. The van der Waals surface area contributed by atoms with Gasteiger partial charge in [-0.25, -0.2) is 0 Å². The Kier molecular flexibility index (Phi) is 7.38. The van der Waals surface area contributed by atoms with E-state index in [1.54, 1.807) is 13.0 Å². The normalized spacial score (nSPS) is 20.0. The summed E-state index contributed by atoms with van der Waals surface area (Å²) in [6.07, 6.45) is 9.21. The number of benzene rings is 1. The van der Waals surface area contributed by atoms with Crippen molar-refractivity contribution in [2.45, 2.75) is 51.5 Å². The molecule has 5 heteroatoms. The molecule has 0 aromatic heterocycles. The fourth-order valence-electron chi connectivity index (χ4n) is 2.94. The molecular formula is C20H26N2O3. The standard InChI is InChI=1S/C20H26N2O3/c1-2-21-20(25)18(23)17-14-8-6-4-3-5-7-11-15-12-9-10-13-16(15)19(24)22-17/h6,8-10,12-13,17H,2-5,7,11,14H2,1H3,(H,21,25)(H,22,24)/b8-6-. The van der Waals surface area contributed by atoms with Crippen LogP contribution in [0.15, 0.2) is 36.4 Å². The summed E-state index contributed by atoms with van der Waals surface area (Å²) in [5.74, 6) is -1.56. The third-order valence-corrected chi connectivity index (χ3v) is 4.30. The maximum absolute atomic E-state index is 12.7. The molecule has 0 spiro atoms. The van der Waals surface area contributed by atoms with E-state index >= 15 is 0 Å². The van der Waals surface area contributed by atoms with Crippen LogP contribution in [0.2, 0.25) is 0 Å². The predicted octanol–water partition coefficient (Wildman–Crippen LogP) is 2.55. The topological polar surface area (TPSA) is 75.3 Å². The molecule has 0 bridgehead atoms. The second kappa shape index (κ2) is 9.77. The van der Waals surface area contributed by atoms with Crippen LogP contribution in [0.3, 0.4) is 0 Å². The molecule has 1 aromatic carbocycles. The van der Waals surface area contributed by atoms with Gasteiger partial charge in [0.2, 0.25) is 5.78 Å². The summed E-state index contributed by atoms with van der Waals surface area (Å²) in [6, 6.07) is 6.62. The Morgan fingerprint density at radius 2 is 1.96 bits per heavy atom. The number of Topliss-reactive ketones (excluding diaryl/α,β-unsaturated/α-hetero) is 1. The van der Waals surface area contributed by atoms with Gasteiger partial charge in [-0.05, 0) is 50.7 Å². The third kappa shape index (κ3) is 5.55. The lowest BCUT2D eigenvalue weighted by Crippen LogP contribution is -2.47. The number of amides is 2. The highest BCUT2D eigenvalue weighted by molar-refractivity contribution is 6.38. The minimum Gasteiger partial charge on any atom is -0.350 e. The van der Waals surface area contributed by atoms with Crippen molar-refractivity contribution in [3.63, 3.8) is 0 Å². The molecule has 25 heavy (non-hydrogen) atoms. The number of hydrogen-bond donors (Lipinski definition) is 2. The minimum atomic E-state index is -0.843. The van der Waals surface area contributed by atoms with Gasteiger partial charge in [-0.2, -0.15) is 0 Å². The summed E-state index contributed by atoms with van der Waals surface area (Å²) in [6.45, 7) is 2.13. The number of hydrogen-bond acceptors (Lipinski definition) is 3. The van der Waals surface area contributed by atoms with E-state index in [1.165, 1.54) is 0 Å². The van der Waals surface area contributed by atoms with E-state index in [9.17, 15) is 14.4 Å². The van der Waals surface area contributed by atoms with Crippen LogP contribution in [0, 0.1) is 0 Å². The number of aryl methyl sites for hydroxylation is 1. The molecule has 1 aliphatic heterocycles. The number of rotatable bonds is 3. The van der Waals surface area contributed by atoms with Gasteiger partial charge in [-0.3, -0.25) is 14.4 Å². The van der Waals surface area contributed by atoms with Crippen LogP contribution in [0.4, 0.5) is 0 Å². The summed E-state index contributed by atoms with van der Waals surface area (Å²) in [4.78, 5) is 36.9. The molecular weight excluding hydrogens is 316 g/mol. The molecule has 134 valence electrons. The monoisotopic (exact) mass is 342 g/mol. The fourth-order valence-corrected chi connectivity index (χ4v) is 2.94. The molecule has 5 nitrogen and oxygen atoms in total. The molecule has 2 amide bonds. The van der Waals surface area contributed by atoms with Crippen molar-refractivity contribution in [2.24, 2.45) is 0 Å². The number of ketones is 1. The van der Waals surface area contributed by atoms with E-state index < -0.39 is 17.7 Å². The highest BCUT2D eigenvalue weighted by Crippen LogP contribution is 2.15. The molecule has 0 aliphatic carbocycles. The van der Waals surface area contributed by atoms with Gasteiger partial charge in [0, 0.05) is 12.1 Å². The maximum Gasteiger partial charge on any atom is 0.289 e. The molecule has 1 unspecified atom stereocenters. The Bertz CT molecular complexity index is 652. The number of nitrogens with one attached hydrogen (secondary N) is 2. The first kappa shape index (κ1) is 18.9. The first-order valence-corrected chi connectivity index (χ1v) is 8.99. The second-order valence-electron chi connectivity index (χ2n) is 6.21. The smallest absolute Gasteiger partial charge is 0.289 e. The molecule has 1 aromatic rings. The summed E-state index contributed by atoms with van der Waals surface area (Å²) in [7, 11) is 0. The van der Waals surface area contributed by atoms with E-state index in [1.807, 2.05) is 30.4 Å². The van der Waals surface area contributed by atoms with Gasteiger partial charge in [0.25, 0.3) is 11.8 Å². The molecule has 0 saturated carbocycles. The molecule has 1 heterocycles. The van der Waals surface area contributed by atoms with Crippen LogP contribution >= 0.6 is 0 Å². The average Bonchev–Trinajstić information content (AvgIpc) is 2.63. The van der Waals surface area contributed by atoms with Gasteiger partial charge in [0.15, 0.2) is 0 Å². The lowest BCUT2D eigenvalue weighted by molar-refractivity contribution is -0.138. The van der Waals surface area contributed by atoms with E-state index in [2.05, 4.69) is 10.6 Å². The Morgan fingerprint density at radius 1 is 1.16 bits per heavy atom. The second-order valence-corrected chi connectivity index (χ2v) is 6.21. The van der Waals surface area contributed by atoms with E-state index in [4.69, 9.17) is 0 Å². The van der Waals surface area contributed by atoms with Crippen molar-refractivity contribution in [2.75, 3.05) is 6.54 Å². The van der Waals surface area contributed by atoms with Gasteiger partial charge in [0.1, 0.15) is 6.04 Å². The molecule has 1 atom stereocenters. The first-order valence-electron chi connectivity index (χ1n) is 8.99. The highest BCUT2D eigenvalue weighted by Gasteiger charge is 2.26. The third-order valence-electron chi connectivity index (χ3n) is 4.30. The van der Waals surface area contributed by atoms with E-state index in [0.717, 1.165) is 37.7 Å². The van der Waals surface area contributed by atoms with Crippen molar-refractivity contribution < 1.29 is 14.4 Å². The van der Waals surface area contributed by atoms with Crippen molar-refractivity contribution in [1.82, 2.24) is 10.6 Å². The minimum absolute atomic E-state index is 0.300. The van der Waals surface area contributed by atoms with Crippen molar-refractivity contribution in [3.05, 3.63) is 47.5 Å². The van der Waals surface area contributed by atoms with Crippen LogP contribution in [-0.4, -0.2) is 30.2 Å². The number of carbonyl (C=O) groups is 3. The van der Waals surface area contributed by atoms with Crippen LogP contribution in [0.1, 0.15) is 54.9 Å². The van der Waals surface area contributed by atoms with Gasteiger partial charge in [-0.15, -0.1) is 0 Å². The van der Waals surface area contributed by atoms with Crippen molar-refractivity contribution >= 4 is 17.6 Å². The van der Waals surface area contributed by atoms with Gasteiger partial charge >= 0.3 is 0 Å². The van der Waals surface area contributed by atoms with Crippen LogP contribution in [0.25, 0.3) is 0 Å². The van der Waals surface area contributed by atoms with Gasteiger partial charge in [-0.1, -0.05) is 36.8 Å². The zero-order valence-corrected chi connectivity index (χ0v) is 14.7. The molecule has 0 fully saturated rings. The number of allylic oxidation sites excluding steroid dienone is 1. The SMILES string of the molecule is CCNC(=O)C(=O)C1C/C=C\CCCCCc2ccccc2C(=O)N1. The maximum atomic E-state index is 12.7. The highest BCUT2D eigenvalue weighted by atomic mass is 16.2. The van der Waals surface area contributed by atoms with Crippen molar-refractivity contribution in [3.8, 4) is 0 Å². The average molecular weight is 342 g/mol. The number of fused-ring (bicyclic) bond motifs is 1. The zero-order valence-electron chi connectivity index (χ0n) is 14.7. The summed E-state index contributed by atoms with van der Waals surface area (Å²) in [5, 5.41) is 5.26. The quantitative estimate of drug-likeness (QED) is 0.655. The van der Waals surface area contributed by atoms with Crippen LogP contribution < -0.4 is 10.6 Å². The summed E-state index contributed by atoms with van der Waals surface area (Å²) < 4.78 is 0. The predicted molar refractivity (Wildman–Crippen MR) is 97.3 cm³/mol. The summed E-state index contributed by atoms with van der Waals surface area (Å²) >= 11 is 0. The van der Waals surface area contributed by atoms with Crippen LogP contribution in [0.5, 0.6) is 0 Å². The lowest BCUT2D eigenvalue weighted by Gasteiger charge is -2.17. The number of likely N-dealkylation sites (N-methyl/N-ethyl adjacent to an activating group) is 1. The first-order chi connectivity index (χ1) is 12.1. The lowest BCUT2D eigenvalue weighted by atomic mass is 10.00. The zero-order chi connectivity index (χ0) is 18.1. The van der Waals surface area contributed by atoms with Gasteiger partial charge < -0.3 is 10.6 Å². The Balaban J connectivity index is 2.24. The van der Waals surface area contributed by atoms with Crippen LogP contribution in [-0.2, 0) is 16.0 Å². The fraction of sp³-hybridized carbons (Fsp3) is 0.450. The Labute approximate surface area is 148 Å². The van der Waals surface area contributed by atoms with Gasteiger partial charge in [0.05, 0.1) is 0 Å². The number of carbonyl (C=O) groups excluding carboxylic acids is 3. The van der Waals surface area contributed by atoms with E-state index in [0.29, 0.717) is 18.5 Å². The Morgan fingerprint density at radius 3 is 2.76 bits per heavy atom. The molecule has 2 rings (SSSR count). The summed E-state index contributed by atoms with van der Waals surface area (Å²) in [5.41, 5.74) is 1.57. The van der Waals surface area contributed by atoms with E-state index in [-0.39, 0.29) is 5.91 Å². The molecule has 0 saturated heterocycles. The molecule has 2 N–H and O–H groups in total. The van der Waals surface area contributed by atoms with Crippen molar-refractivity contribution in [1.29, 1.82) is 0 Å². The largest absolute Gasteiger partial charge is 0.350 e.